The number of nitrogen functional groups attached to an aromatic ring is 1. The second kappa shape index (κ2) is 6.11. The first kappa shape index (κ1) is 16.2. The zero-order valence-electron chi connectivity index (χ0n) is 11.9. The molecule has 0 radical (unpaired) electrons. The van der Waals surface area contributed by atoms with Crippen LogP contribution in [0.25, 0.3) is 11.2 Å². The Hall–Kier alpha value is -1.62. The van der Waals surface area contributed by atoms with E-state index in [1.807, 2.05) is 0 Å². The van der Waals surface area contributed by atoms with E-state index in [1.165, 1.54) is 12.7 Å². The van der Waals surface area contributed by atoms with Gasteiger partial charge in [0.25, 0.3) is 0 Å². The minimum atomic E-state index is -4.23. The van der Waals surface area contributed by atoms with Crippen LogP contribution in [0.2, 0.25) is 0 Å². The van der Waals surface area contributed by atoms with Crippen LogP contribution in [0, 0.1) is 0 Å². The summed E-state index contributed by atoms with van der Waals surface area (Å²) in [5.41, 5.74) is 6.55. The van der Waals surface area contributed by atoms with Crippen molar-refractivity contribution in [2.24, 2.45) is 0 Å². The van der Waals surface area contributed by atoms with Crippen LogP contribution in [-0.2, 0) is 14.0 Å². The zero-order chi connectivity index (χ0) is 16.6. The molecule has 1 aliphatic rings. The summed E-state index contributed by atoms with van der Waals surface area (Å²) in [7, 11) is -4.23. The van der Waals surface area contributed by atoms with Crippen molar-refractivity contribution in [3.05, 3.63) is 12.7 Å². The summed E-state index contributed by atoms with van der Waals surface area (Å²) in [6.07, 6.45) is 0.223. The van der Waals surface area contributed by atoms with E-state index < -0.39 is 32.4 Å². The van der Waals surface area contributed by atoms with Gasteiger partial charge in [-0.25, -0.2) is 15.0 Å². The average molecular weight is 345 g/mol. The summed E-state index contributed by atoms with van der Waals surface area (Å²) < 4.78 is 22.9. The fourth-order valence-electron chi connectivity index (χ4n) is 2.45. The number of nitrogens with two attached hydrogens (primary N) is 1. The summed E-state index contributed by atoms with van der Waals surface area (Å²) in [6, 6.07) is 0. The Morgan fingerprint density at radius 2 is 2.22 bits per heavy atom. The van der Waals surface area contributed by atoms with E-state index in [-0.39, 0.29) is 18.8 Å². The van der Waals surface area contributed by atoms with E-state index in [0.717, 1.165) is 0 Å². The van der Waals surface area contributed by atoms with E-state index in [4.69, 9.17) is 25.0 Å². The van der Waals surface area contributed by atoms with Crippen molar-refractivity contribution in [2.75, 3.05) is 18.7 Å². The Morgan fingerprint density at radius 3 is 2.96 bits per heavy atom. The van der Waals surface area contributed by atoms with Crippen LogP contribution in [-0.4, -0.2) is 59.6 Å². The molecule has 0 aromatic carbocycles. The molecular formula is C11H16N5O6P. The minimum absolute atomic E-state index is 0.0393. The maximum Gasteiger partial charge on any atom is 0.350 e. The number of aliphatic hydroxyl groups excluding tert-OH is 1. The normalized spacial score (nSPS) is 25.3. The van der Waals surface area contributed by atoms with Gasteiger partial charge in [-0.2, -0.15) is 0 Å². The summed E-state index contributed by atoms with van der Waals surface area (Å²) >= 11 is 0. The largest absolute Gasteiger partial charge is 0.388 e. The summed E-state index contributed by atoms with van der Waals surface area (Å²) in [4.78, 5) is 29.5. The Labute approximate surface area is 130 Å². The quantitative estimate of drug-likeness (QED) is 0.504. The number of hydrogen-bond donors (Lipinski definition) is 4. The molecule has 2 aromatic heterocycles. The number of hydrogen-bond acceptors (Lipinski definition) is 8. The van der Waals surface area contributed by atoms with Crippen molar-refractivity contribution in [1.82, 2.24) is 19.5 Å². The lowest BCUT2D eigenvalue weighted by molar-refractivity contribution is -0.0567. The monoisotopic (exact) mass is 345 g/mol. The molecule has 3 rings (SSSR count). The topological polar surface area (TPSA) is 166 Å². The third kappa shape index (κ3) is 3.50. The molecule has 3 heterocycles. The molecule has 126 valence electrons. The molecule has 5 N–H and O–H groups in total. The number of ether oxygens (including phenoxy) is 2. The van der Waals surface area contributed by atoms with Gasteiger partial charge in [-0.3, -0.25) is 9.13 Å². The lowest BCUT2D eigenvalue weighted by Crippen LogP contribution is -2.19. The van der Waals surface area contributed by atoms with Gasteiger partial charge in [0.05, 0.1) is 19.0 Å². The summed E-state index contributed by atoms with van der Waals surface area (Å²) in [5.74, 6) is 0.225. The van der Waals surface area contributed by atoms with Gasteiger partial charge in [0.2, 0.25) is 0 Å². The predicted molar refractivity (Wildman–Crippen MR) is 77.1 cm³/mol. The lowest BCUT2D eigenvalue weighted by atomic mass is 10.2. The van der Waals surface area contributed by atoms with Crippen molar-refractivity contribution in [3.8, 4) is 0 Å². The third-order valence-corrected chi connectivity index (χ3v) is 3.91. The molecule has 3 atom stereocenters. The highest BCUT2D eigenvalue weighted by molar-refractivity contribution is 7.51. The van der Waals surface area contributed by atoms with Gasteiger partial charge in [0.15, 0.2) is 17.7 Å². The Balaban J connectivity index is 1.71. The van der Waals surface area contributed by atoms with Crippen molar-refractivity contribution in [3.63, 3.8) is 0 Å². The van der Waals surface area contributed by atoms with E-state index in [0.29, 0.717) is 11.2 Å². The Bertz CT molecular complexity index is 748. The first-order valence-corrected chi connectivity index (χ1v) is 8.54. The molecule has 1 aliphatic heterocycles. The maximum atomic E-state index is 10.7. The molecule has 0 aliphatic carbocycles. The first-order valence-electron chi connectivity index (χ1n) is 6.74. The average Bonchev–Trinajstić information content (AvgIpc) is 3.02. The minimum Gasteiger partial charge on any atom is -0.388 e. The summed E-state index contributed by atoms with van der Waals surface area (Å²) in [5, 5.41) is 10.2. The fraction of sp³-hybridized carbons (Fsp3) is 0.545. The first-order chi connectivity index (χ1) is 10.8. The second-order valence-corrected chi connectivity index (χ2v) is 6.79. The van der Waals surface area contributed by atoms with Gasteiger partial charge in [0, 0.05) is 6.42 Å². The number of rotatable bonds is 5. The number of aromatic nitrogens is 4. The molecule has 23 heavy (non-hydrogen) atoms. The standard InChI is InChI=1S/C11H16N5O6P/c12-9-8-10(14-3-13-9)16(4-15-8)11-7(17)1-6(22-11)2-21-5-23(18,19)20/h3-4,6-7,11,17H,1-2,5H2,(H2,12,13,14)(H2,18,19,20). The van der Waals surface area contributed by atoms with Crippen LogP contribution >= 0.6 is 7.60 Å². The van der Waals surface area contributed by atoms with Crippen molar-refractivity contribution >= 4 is 24.6 Å². The zero-order valence-corrected chi connectivity index (χ0v) is 12.8. The predicted octanol–water partition coefficient (Wildman–Crippen LogP) is -0.791. The van der Waals surface area contributed by atoms with E-state index in [9.17, 15) is 9.67 Å². The number of nitrogens with zero attached hydrogens (tertiary/aromatic N) is 4. The molecular weight excluding hydrogens is 329 g/mol. The SMILES string of the molecule is Nc1ncnc2c1ncn2C1OC(COCP(=O)(O)O)CC1O. The number of imidazole rings is 1. The number of anilines is 1. The van der Waals surface area contributed by atoms with Gasteiger partial charge in [0.1, 0.15) is 24.3 Å². The molecule has 11 nitrogen and oxygen atoms in total. The molecule has 0 amide bonds. The molecule has 3 unspecified atom stereocenters. The highest BCUT2D eigenvalue weighted by atomic mass is 31.2. The highest BCUT2D eigenvalue weighted by Gasteiger charge is 2.36. The van der Waals surface area contributed by atoms with Crippen LogP contribution in [0.3, 0.4) is 0 Å². The van der Waals surface area contributed by atoms with Gasteiger partial charge < -0.3 is 30.1 Å². The Kier molecular flexibility index (Phi) is 4.32. The molecule has 12 heteroatoms. The third-order valence-electron chi connectivity index (χ3n) is 3.39. The Morgan fingerprint density at radius 1 is 1.43 bits per heavy atom. The van der Waals surface area contributed by atoms with Crippen molar-refractivity contribution in [1.29, 1.82) is 0 Å². The smallest absolute Gasteiger partial charge is 0.350 e. The van der Waals surface area contributed by atoms with E-state index >= 15 is 0 Å². The van der Waals surface area contributed by atoms with E-state index in [2.05, 4.69) is 15.0 Å². The lowest BCUT2D eigenvalue weighted by Gasteiger charge is -2.17. The maximum absolute atomic E-state index is 10.7. The second-order valence-electron chi connectivity index (χ2n) is 5.20. The number of aliphatic hydroxyl groups is 1. The van der Waals surface area contributed by atoms with Gasteiger partial charge in [-0.1, -0.05) is 0 Å². The van der Waals surface area contributed by atoms with Crippen LogP contribution in [0.15, 0.2) is 12.7 Å². The van der Waals surface area contributed by atoms with Crippen molar-refractivity contribution in [2.45, 2.75) is 24.9 Å². The molecule has 0 bridgehead atoms. The van der Waals surface area contributed by atoms with Gasteiger partial charge >= 0.3 is 7.60 Å². The molecule has 2 aromatic rings. The van der Waals surface area contributed by atoms with Crippen LogP contribution in [0.4, 0.5) is 5.82 Å². The van der Waals surface area contributed by atoms with Crippen molar-refractivity contribution < 1.29 is 28.9 Å². The molecule has 1 fully saturated rings. The van der Waals surface area contributed by atoms with Gasteiger partial charge in [-0.05, 0) is 0 Å². The fourth-order valence-corrected chi connectivity index (χ4v) is 2.79. The van der Waals surface area contributed by atoms with Gasteiger partial charge in [-0.15, -0.1) is 0 Å². The van der Waals surface area contributed by atoms with E-state index in [1.54, 1.807) is 4.57 Å². The van der Waals surface area contributed by atoms with Crippen LogP contribution in [0.1, 0.15) is 12.6 Å². The molecule has 0 spiro atoms. The van der Waals surface area contributed by atoms with Crippen LogP contribution in [0.5, 0.6) is 0 Å². The molecule has 0 saturated carbocycles. The number of fused-ring (bicyclic) bond motifs is 1. The molecule has 1 saturated heterocycles. The van der Waals surface area contributed by atoms with Crippen LogP contribution < -0.4 is 5.73 Å². The summed E-state index contributed by atoms with van der Waals surface area (Å²) in [6.45, 7) is -0.0393. The highest BCUT2D eigenvalue weighted by Crippen LogP contribution is 2.35.